The van der Waals surface area contributed by atoms with Crippen molar-refractivity contribution < 1.29 is 0 Å². The first-order valence-electron chi connectivity index (χ1n) is 9.41. The van der Waals surface area contributed by atoms with E-state index in [-0.39, 0.29) is 11.0 Å². The average Bonchev–Trinajstić information content (AvgIpc) is 2.54. The minimum absolute atomic E-state index is 0.198. The highest BCUT2D eigenvalue weighted by molar-refractivity contribution is 9.10. The Morgan fingerprint density at radius 3 is 2.11 bits per heavy atom. The van der Waals surface area contributed by atoms with Crippen molar-refractivity contribution in [3.8, 4) is 11.8 Å². The number of hydrogen-bond acceptors (Lipinski definition) is 1. The minimum atomic E-state index is -0.200. The van der Waals surface area contributed by atoms with Gasteiger partial charge in [-0.25, -0.2) is 0 Å². The number of rotatable bonds is 3. The van der Waals surface area contributed by atoms with Crippen molar-refractivity contribution >= 4 is 21.6 Å². The first kappa shape index (κ1) is 21.5. The molecule has 2 rings (SSSR count). The Morgan fingerprint density at radius 2 is 1.52 bits per heavy atom. The molecule has 0 aromatic heterocycles. The van der Waals surface area contributed by atoms with Gasteiger partial charge < -0.3 is 0 Å². The van der Waals surface area contributed by atoms with E-state index in [9.17, 15) is 0 Å². The zero-order chi connectivity index (χ0) is 20.2. The monoisotopic (exact) mass is 423 g/mol. The molecule has 142 valence electrons. The predicted octanol–water partition coefficient (Wildman–Crippen LogP) is 7.12. The molecule has 0 aliphatic heterocycles. The first-order valence-corrected chi connectivity index (χ1v) is 10.2. The van der Waals surface area contributed by atoms with Crippen LogP contribution in [0.1, 0.15) is 63.3 Å². The number of aliphatic imine (C=N–C) groups is 1. The lowest BCUT2D eigenvalue weighted by atomic mass is 9.82. The van der Waals surface area contributed by atoms with E-state index in [2.05, 4.69) is 88.4 Å². The quantitative estimate of drug-likeness (QED) is 0.367. The van der Waals surface area contributed by atoms with Crippen LogP contribution in [0.25, 0.3) is 0 Å². The van der Waals surface area contributed by atoms with Gasteiger partial charge in [-0.2, -0.15) is 0 Å². The summed E-state index contributed by atoms with van der Waals surface area (Å²) in [5.74, 6) is 6.67. The van der Waals surface area contributed by atoms with Crippen LogP contribution in [-0.2, 0) is 0 Å². The standard InChI is InChI=1S/C25H30BrN/c1-18-13-14-19(2)23(26)22(18)21(16-15-20-11-9-8-10-12-20)27-25(6,7)17-24(3,4)5/h8-14H,17H2,1-7H3. The van der Waals surface area contributed by atoms with Gasteiger partial charge in [0, 0.05) is 15.6 Å². The average molecular weight is 424 g/mol. The maximum absolute atomic E-state index is 5.15. The van der Waals surface area contributed by atoms with E-state index >= 15 is 0 Å². The molecular formula is C25H30BrN. The molecule has 0 spiro atoms. The Balaban J connectivity index is 2.62. The maximum Gasteiger partial charge on any atom is 0.117 e. The Hall–Kier alpha value is -1.85. The van der Waals surface area contributed by atoms with Gasteiger partial charge in [0.25, 0.3) is 0 Å². The summed E-state index contributed by atoms with van der Waals surface area (Å²) >= 11 is 3.78. The molecule has 0 unspecified atom stereocenters. The van der Waals surface area contributed by atoms with Crippen molar-refractivity contribution in [2.24, 2.45) is 10.4 Å². The van der Waals surface area contributed by atoms with Gasteiger partial charge >= 0.3 is 0 Å². The van der Waals surface area contributed by atoms with Crippen molar-refractivity contribution in [1.82, 2.24) is 0 Å². The highest BCUT2D eigenvalue weighted by atomic mass is 79.9. The molecule has 0 saturated carbocycles. The van der Waals surface area contributed by atoms with Crippen LogP contribution in [0, 0.1) is 31.1 Å². The van der Waals surface area contributed by atoms with Crippen molar-refractivity contribution in [3.05, 3.63) is 69.2 Å². The van der Waals surface area contributed by atoms with Crippen molar-refractivity contribution in [3.63, 3.8) is 0 Å². The summed E-state index contributed by atoms with van der Waals surface area (Å²) in [5.41, 5.74) is 5.32. The van der Waals surface area contributed by atoms with E-state index in [1.165, 1.54) is 11.1 Å². The summed E-state index contributed by atoms with van der Waals surface area (Å²) in [7, 11) is 0. The minimum Gasteiger partial charge on any atom is -0.270 e. The zero-order valence-corrected chi connectivity index (χ0v) is 19.2. The summed E-state index contributed by atoms with van der Waals surface area (Å²) in [6.07, 6.45) is 0.985. The van der Waals surface area contributed by atoms with Crippen LogP contribution in [0.3, 0.4) is 0 Å². The number of hydrogen-bond donors (Lipinski definition) is 0. The van der Waals surface area contributed by atoms with Crippen LogP contribution in [0.15, 0.2) is 51.9 Å². The number of halogens is 1. The van der Waals surface area contributed by atoms with Gasteiger partial charge in [0.1, 0.15) is 5.71 Å². The molecule has 2 heteroatoms. The fraction of sp³-hybridized carbons (Fsp3) is 0.400. The molecule has 1 nitrogen and oxygen atoms in total. The van der Waals surface area contributed by atoms with Crippen molar-refractivity contribution in [2.45, 2.75) is 60.4 Å². The van der Waals surface area contributed by atoms with Gasteiger partial charge in [-0.3, -0.25) is 4.99 Å². The molecule has 2 aromatic rings. The second kappa shape index (κ2) is 8.44. The fourth-order valence-corrected chi connectivity index (χ4v) is 4.14. The third kappa shape index (κ3) is 6.36. The lowest BCUT2D eigenvalue weighted by molar-refractivity contribution is 0.288. The molecule has 0 aliphatic rings. The van der Waals surface area contributed by atoms with E-state index in [1.54, 1.807) is 0 Å². The lowest BCUT2D eigenvalue weighted by Gasteiger charge is -2.29. The van der Waals surface area contributed by atoms with Gasteiger partial charge in [-0.1, -0.05) is 57.0 Å². The van der Waals surface area contributed by atoms with E-state index in [4.69, 9.17) is 4.99 Å². The Morgan fingerprint density at radius 1 is 0.926 bits per heavy atom. The Kier molecular flexibility index (Phi) is 6.71. The van der Waals surface area contributed by atoms with Crippen LogP contribution >= 0.6 is 15.9 Å². The zero-order valence-electron chi connectivity index (χ0n) is 17.6. The molecule has 0 saturated heterocycles. The van der Waals surface area contributed by atoms with Crippen LogP contribution in [0.5, 0.6) is 0 Å². The molecule has 0 heterocycles. The van der Waals surface area contributed by atoms with Gasteiger partial charge in [0.15, 0.2) is 0 Å². The van der Waals surface area contributed by atoms with Crippen molar-refractivity contribution in [1.29, 1.82) is 0 Å². The molecule has 0 radical (unpaired) electrons. The molecule has 2 aromatic carbocycles. The summed E-state index contributed by atoms with van der Waals surface area (Å²) in [6, 6.07) is 14.4. The third-order valence-corrected chi connectivity index (χ3v) is 5.28. The SMILES string of the molecule is Cc1ccc(C)c(C(C#Cc2ccccc2)=NC(C)(C)CC(C)(C)C)c1Br. The number of nitrogens with zero attached hydrogens (tertiary/aromatic N) is 1. The van der Waals surface area contributed by atoms with Crippen LogP contribution < -0.4 is 0 Å². The summed E-state index contributed by atoms with van der Waals surface area (Å²) < 4.78 is 1.08. The van der Waals surface area contributed by atoms with Crippen LogP contribution in [0.2, 0.25) is 0 Å². The molecule has 0 amide bonds. The Labute approximate surface area is 173 Å². The highest BCUT2D eigenvalue weighted by Gasteiger charge is 2.26. The highest BCUT2D eigenvalue weighted by Crippen LogP contribution is 2.32. The van der Waals surface area contributed by atoms with Gasteiger partial charge in [-0.15, -0.1) is 0 Å². The second-order valence-electron chi connectivity index (χ2n) is 9.01. The maximum atomic E-state index is 5.15. The smallest absolute Gasteiger partial charge is 0.117 e. The largest absolute Gasteiger partial charge is 0.270 e. The van der Waals surface area contributed by atoms with Crippen LogP contribution in [-0.4, -0.2) is 11.3 Å². The van der Waals surface area contributed by atoms with Gasteiger partial charge in [0.2, 0.25) is 0 Å². The van der Waals surface area contributed by atoms with E-state index in [0.717, 1.165) is 27.7 Å². The predicted molar refractivity (Wildman–Crippen MR) is 122 cm³/mol. The normalized spacial score (nSPS) is 12.5. The third-order valence-electron chi connectivity index (χ3n) is 4.26. The van der Waals surface area contributed by atoms with E-state index in [1.807, 2.05) is 30.3 Å². The lowest BCUT2D eigenvalue weighted by Crippen LogP contribution is -2.26. The van der Waals surface area contributed by atoms with E-state index < -0.39 is 0 Å². The molecular weight excluding hydrogens is 394 g/mol. The fourth-order valence-electron chi connectivity index (χ4n) is 3.51. The van der Waals surface area contributed by atoms with Gasteiger partial charge in [-0.05, 0) is 84.6 Å². The molecule has 0 fully saturated rings. The molecule has 0 atom stereocenters. The number of aryl methyl sites for hydroxylation is 2. The molecule has 0 N–H and O–H groups in total. The topological polar surface area (TPSA) is 12.4 Å². The number of benzene rings is 2. The first-order chi connectivity index (χ1) is 12.5. The van der Waals surface area contributed by atoms with Gasteiger partial charge in [0.05, 0.1) is 5.54 Å². The van der Waals surface area contributed by atoms with Crippen LogP contribution in [0.4, 0.5) is 0 Å². The summed E-state index contributed by atoms with van der Waals surface area (Å²) in [5, 5.41) is 0. The molecule has 0 aliphatic carbocycles. The second-order valence-corrected chi connectivity index (χ2v) is 9.81. The summed E-state index contributed by atoms with van der Waals surface area (Å²) in [4.78, 5) is 5.15. The molecule has 0 bridgehead atoms. The summed E-state index contributed by atoms with van der Waals surface area (Å²) in [6.45, 7) is 15.4. The van der Waals surface area contributed by atoms with Crippen molar-refractivity contribution in [2.75, 3.05) is 0 Å². The Bertz CT molecular complexity index is 888. The van der Waals surface area contributed by atoms with E-state index in [0.29, 0.717) is 0 Å². The molecule has 27 heavy (non-hydrogen) atoms.